The fourth-order valence-corrected chi connectivity index (χ4v) is 2.25. The standard InChI is InChI=1S/C15H18BrFN4/c1-3-8-18-13-9-14(20-12(4-2)19-13)21-15-10(16)6-5-7-11(15)17/h5-7,9H,3-4,8H2,1-2H3,(H2,18,19,20,21). The van der Waals surface area contributed by atoms with Crippen LogP contribution in [0.25, 0.3) is 0 Å². The van der Waals surface area contributed by atoms with Gasteiger partial charge in [-0.3, -0.25) is 0 Å². The molecule has 2 rings (SSSR count). The quantitative estimate of drug-likeness (QED) is 0.803. The number of nitrogens with one attached hydrogen (secondary N) is 2. The van der Waals surface area contributed by atoms with Gasteiger partial charge < -0.3 is 10.6 Å². The smallest absolute Gasteiger partial charge is 0.147 e. The summed E-state index contributed by atoms with van der Waals surface area (Å²) in [6, 6.07) is 6.62. The van der Waals surface area contributed by atoms with Crippen molar-refractivity contribution >= 4 is 33.3 Å². The van der Waals surface area contributed by atoms with Crippen LogP contribution in [0.1, 0.15) is 26.1 Å². The Kier molecular flexibility index (Phi) is 5.50. The maximum atomic E-state index is 13.9. The Morgan fingerprint density at radius 1 is 1.19 bits per heavy atom. The molecule has 0 aliphatic carbocycles. The van der Waals surface area contributed by atoms with Crippen molar-refractivity contribution < 1.29 is 4.39 Å². The molecule has 112 valence electrons. The SMILES string of the molecule is CCCNc1cc(Nc2c(F)cccc2Br)nc(CC)n1. The molecule has 0 bridgehead atoms. The van der Waals surface area contributed by atoms with Crippen LogP contribution in [0.2, 0.25) is 0 Å². The molecular weight excluding hydrogens is 335 g/mol. The lowest BCUT2D eigenvalue weighted by atomic mass is 10.3. The predicted molar refractivity (Wildman–Crippen MR) is 87.6 cm³/mol. The van der Waals surface area contributed by atoms with Gasteiger partial charge in [0, 0.05) is 23.5 Å². The van der Waals surface area contributed by atoms with E-state index < -0.39 is 0 Å². The van der Waals surface area contributed by atoms with E-state index in [1.54, 1.807) is 18.2 Å². The molecule has 4 nitrogen and oxygen atoms in total. The van der Waals surface area contributed by atoms with Gasteiger partial charge in [-0.15, -0.1) is 0 Å². The van der Waals surface area contributed by atoms with E-state index in [9.17, 15) is 4.39 Å². The molecule has 0 saturated carbocycles. The number of para-hydroxylation sites is 1. The highest BCUT2D eigenvalue weighted by atomic mass is 79.9. The van der Waals surface area contributed by atoms with Gasteiger partial charge in [0.1, 0.15) is 23.3 Å². The molecule has 21 heavy (non-hydrogen) atoms. The highest BCUT2D eigenvalue weighted by Crippen LogP contribution is 2.28. The van der Waals surface area contributed by atoms with Crippen LogP contribution in [0.15, 0.2) is 28.7 Å². The molecule has 2 aromatic rings. The monoisotopic (exact) mass is 352 g/mol. The summed E-state index contributed by atoms with van der Waals surface area (Å²) in [4.78, 5) is 8.80. The molecule has 0 amide bonds. The van der Waals surface area contributed by atoms with Crippen molar-refractivity contribution in [1.29, 1.82) is 0 Å². The molecule has 0 fully saturated rings. The third-order valence-electron chi connectivity index (χ3n) is 2.86. The van der Waals surface area contributed by atoms with Gasteiger partial charge in [0.05, 0.1) is 5.69 Å². The van der Waals surface area contributed by atoms with Crippen molar-refractivity contribution in [3.63, 3.8) is 0 Å². The maximum absolute atomic E-state index is 13.9. The first-order valence-electron chi connectivity index (χ1n) is 6.97. The second kappa shape index (κ2) is 7.36. The zero-order valence-electron chi connectivity index (χ0n) is 12.1. The molecule has 0 aliphatic rings. The topological polar surface area (TPSA) is 49.8 Å². The second-order valence-electron chi connectivity index (χ2n) is 4.56. The first-order valence-corrected chi connectivity index (χ1v) is 7.76. The van der Waals surface area contributed by atoms with Crippen molar-refractivity contribution in [3.8, 4) is 0 Å². The van der Waals surface area contributed by atoms with Gasteiger partial charge in [0.15, 0.2) is 0 Å². The number of hydrogen-bond acceptors (Lipinski definition) is 4. The lowest BCUT2D eigenvalue weighted by molar-refractivity contribution is 0.631. The Morgan fingerprint density at radius 3 is 2.62 bits per heavy atom. The number of aromatic nitrogens is 2. The lowest BCUT2D eigenvalue weighted by Gasteiger charge is -2.12. The summed E-state index contributed by atoms with van der Waals surface area (Å²) in [5.41, 5.74) is 0.375. The minimum Gasteiger partial charge on any atom is -0.370 e. The molecule has 2 N–H and O–H groups in total. The summed E-state index contributed by atoms with van der Waals surface area (Å²) >= 11 is 3.34. The third-order valence-corrected chi connectivity index (χ3v) is 3.52. The highest BCUT2D eigenvalue weighted by Gasteiger charge is 2.09. The van der Waals surface area contributed by atoms with Gasteiger partial charge in [-0.1, -0.05) is 19.9 Å². The molecule has 0 saturated heterocycles. The summed E-state index contributed by atoms with van der Waals surface area (Å²) in [7, 11) is 0. The van der Waals surface area contributed by atoms with E-state index in [4.69, 9.17) is 0 Å². The maximum Gasteiger partial charge on any atom is 0.147 e. The molecule has 0 aliphatic heterocycles. The normalized spacial score (nSPS) is 10.5. The number of rotatable bonds is 6. The number of aryl methyl sites for hydroxylation is 1. The number of anilines is 3. The van der Waals surface area contributed by atoms with Crippen LogP contribution < -0.4 is 10.6 Å². The zero-order valence-corrected chi connectivity index (χ0v) is 13.7. The first kappa shape index (κ1) is 15.7. The van der Waals surface area contributed by atoms with Gasteiger partial charge in [-0.25, -0.2) is 14.4 Å². The van der Waals surface area contributed by atoms with Crippen molar-refractivity contribution in [2.24, 2.45) is 0 Å². The second-order valence-corrected chi connectivity index (χ2v) is 5.41. The predicted octanol–water partition coefficient (Wildman–Crippen LogP) is 4.51. The van der Waals surface area contributed by atoms with E-state index in [0.717, 1.165) is 25.2 Å². The Hall–Kier alpha value is -1.69. The van der Waals surface area contributed by atoms with Gasteiger partial charge >= 0.3 is 0 Å². The summed E-state index contributed by atoms with van der Waals surface area (Å²) in [6.07, 6.45) is 1.72. The molecule has 1 aromatic carbocycles. The number of hydrogen-bond donors (Lipinski definition) is 2. The highest BCUT2D eigenvalue weighted by molar-refractivity contribution is 9.10. The van der Waals surface area contributed by atoms with Crippen molar-refractivity contribution in [1.82, 2.24) is 9.97 Å². The molecule has 1 heterocycles. The van der Waals surface area contributed by atoms with Crippen LogP contribution >= 0.6 is 15.9 Å². The van der Waals surface area contributed by atoms with Crippen LogP contribution in [-0.2, 0) is 6.42 Å². The summed E-state index contributed by atoms with van der Waals surface area (Å²) in [5.74, 6) is 1.71. The van der Waals surface area contributed by atoms with E-state index in [1.807, 2.05) is 6.92 Å². The summed E-state index contributed by atoms with van der Waals surface area (Å²) in [5, 5.41) is 6.25. The van der Waals surface area contributed by atoms with Gasteiger partial charge in [0.2, 0.25) is 0 Å². The number of halogens is 2. The molecule has 0 atom stereocenters. The number of benzene rings is 1. The largest absolute Gasteiger partial charge is 0.370 e. The van der Waals surface area contributed by atoms with Crippen LogP contribution in [-0.4, -0.2) is 16.5 Å². The van der Waals surface area contributed by atoms with Crippen LogP contribution in [0.5, 0.6) is 0 Å². The van der Waals surface area contributed by atoms with E-state index in [2.05, 4.69) is 43.5 Å². The molecule has 0 spiro atoms. The van der Waals surface area contributed by atoms with Gasteiger partial charge in [-0.2, -0.15) is 0 Å². The molecule has 0 radical (unpaired) electrons. The number of nitrogens with zero attached hydrogens (tertiary/aromatic N) is 2. The van der Waals surface area contributed by atoms with Crippen LogP contribution in [0.3, 0.4) is 0 Å². The average molecular weight is 353 g/mol. The fraction of sp³-hybridized carbons (Fsp3) is 0.333. The molecular formula is C15H18BrFN4. The third kappa shape index (κ3) is 4.14. The van der Waals surface area contributed by atoms with Gasteiger partial charge in [-0.05, 0) is 34.5 Å². The Bertz CT molecular complexity index is 598. The Balaban J connectivity index is 2.30. The minimum absolute atomic E-state index is 0.330. The zero-order chi connectivity index (χ0) is 15.2. The van der Waals surface area contributed by atoms with E-state index in [0.29, 0.717) is 21.8 Å². The van der Waals surface area contributed by atoms with Gasteiger partial charge in [0.25, 0.3) is 0 Å². The fourth-order valence-electron chi connectivity index (χ4n) is 1.81. The summed E-state index contributed by atoms with van der Waals surface area (Å²) in [6.45, 7) is 4.91. The van der Waals surface area contributed by atoms with E-state index in [-0.39, 0.29) is 5.82 Å². The first-order chi connectivity index (χ1) is 10.1. The van der Waals surface area contributed by atoms with Crippen LogP contribution in [0, 0.1) is 5.82 Å². The lowest BCUT2D eigenvalue weighted by Crippen LogP contribution is -2.07. The molecule has 1 aromatic heterocycles. The molecule has 0 unspecified atom stereocenters. The summed E-state index contributed by atoms with van der Waals surface area (Å²) < 4.78 is 14.5. The minimum atomic E-state index is -0.330. The Labute approximate surface area is 132 Å². The Morgan fingerprint density at radius 2 is 1.95 bits per heavy atom. The van der Waals surface area contributed by atoms with Crippen molar-refractivity contribution in [3.05, 3.63) is 40.4 Å². The van der Waals surface area contributed by atoms with Crippen LogP contribution in [0.4, 0.5) is 21.7 Å². The van der Waals surface area contributed by atoms with E-state index >= 15 is 0 Å². The van der Waals surface area contributed by atoms with Crippen molar-refractivity contribution in [2.45, 2.75) is 26.7 Å². The van der Waals surface area contributed by atoms with E-state index in [1.165, 1.54) is 6.07 Å². The van der Waals surface area contributed by atoms with Crippen molar-refractivity contribution in [2.75, 3.05) is 17.2 Å². The molecule has 6 heteroatoms. The average Bonchev–Trinajstić information content (AvgIpc) is 2.49.